The molecule has 0 fully saturated rings. The summed E-state index contributed by atoms with van der Waals surface area (Å²) in [5.74, 6) is 0.132. The fourth-order valence-corrected chi connectivity index (χ4v) is 2.36. The smallest absolute Gasteiger partial charge is 0.143 e. The molecule has 2 rings (SSSR count). The van der Waals surface area contributed by atoms with Crippen LogP contribution in [0.15, 0.2) is 23.0 Å². The van der Waals surface area contributed by atoms with E-state index in [2.05, 4.69) is 4.98 Å². The number of rotatable bonds is 3. The number of thiazole rings is 1. The molecule has 1 aromatic carbocycles. The van der Waals surface area contributed by atoms with E-state index in [9.17, 15) is 4.39 Å². The minimum Gasteiger partial charge on any atom is -0.486 e. The Hall–Kier alpha value is -0.400. The Kier molecular flexibility index (Phi) is 3.99. The Labute approximate surface area is 115 Å². The molecule has 0 atom stereocenters. The van der Waals surface area contributed by atoms with Crippen molar-refractivity contribution < 1.29 is 9.13 Å². The predicted octanol–water partition coefficient (Wildman–Crippen LogP) is 4.12. The van der Waals surface area contributed by atoms with E-state index in [4.69, 9.17) is 16.3 Å². The molecular formula is C10H6ClFINOS. The van der Waals surface area contributed by atoms with Gasteiger partial charge in [0.25, 0.3) is 0 Å². The standard InChI is InChI=1S/C10H6ClFINOS/c11-7-1-10(9(13)2-8(7)12)15-3-6-4-16-5-14-6/h1-2,4-5H,3H2. The molecule has 0 spiro atoms. The highest BCUT2D eigenvalue weighted by atomic mass is 127. The number of benzene rings is 1. The van der Waals surface area contributed by atoms with Gasteiger partial charge >= 0.3 is 0 Å². The van der Waals surface area contributed by atoms with Crippen LogP contribution in [0.4, 0.5) is 4.39 Å². The van der Waals surface area contributed by atoms with E-state index >= 15 is 0 Å². The van der Waals surface area contributed by atoms with Gasteiger partial charge in [0, 0.05) is 11.4 Å². The third kappa shape index (κ3) is 2.83. The average molecular weight is 370 g/mol. The largest absolute Gasteiger partial charge is 0.486 e. The molecule has 0 unspecified atom stereocenters. The molecule has 84 valence electrons. The Morgan fingerprint density at radius 2 is 2.31 bits per heavy atom. The van der Waals surface area contributed by atoms with Crippen LogP contribution in [0.2, 0.25) is 5.02 Å². The van der Waals surface area contributed by atoms with Crippen LogP contribution in [0.1, 0.15) is 5.69 Å². The first kappa shape index (κ1) is 12.1. The SMILES string of the molecule is Fc1cc(I)c(OCc2cscn2)cc1Cl. The molecule has 1 aromatic heterocycles. The second-order valence-corrected chi connectivity index (χ2v) is 5.25. The Balaban J connectivity index is 2.12. The van der Waals surface area contributed by atoms with Crippen LogP contribution in [0, 0.1) is 9.39 Å². The summed E-state index contributed by atoms with van der Waals surface area (Å²) in [4.78, 5) is 4.08. The van der Waals surface area contributed by atoms with Gasteiger partial charge in [-0.2, -0.15) is 0 Å². The van der Waals surface area contributed by atoms with Gasteiger partial charge in [-0.1, -0.05) is 11.6 Å². The zero-order valence-electron chi connectivity index (χ0n) is 7.91. The number of halogens is 3. The summed E-state index contributed by atoms with van der Waals surface area (Å²) in [6.45, 7) is 0.363. The summed E-state index contributed by atoms with van der Waals surface area (Å²) in [5.41, 5.74) is 2.59. The third-order valence-corrected chi connectivity index (χ3v) is 3.60. The fraction of sp³-hybridized carbons (Fsp3) is 0.100. The molecule has 0 aliphatic carbocycles. The highest BCUT2D eigenvalue weighted by Crippen LogP contribution is 2.28. The van der Waals surface area contributed by atoms with Crippen LogP contribution in [-0.4, -0.2) is 4.98 Å². The van der Waals surface area contributed by atoms with Crippen molar-refractivity contribution in [2.45, 2.75) is 6.61 Å². The van der Waals surface area contributed by atoms with Gasteiger partial charge in [-0.15, -0.1) is 11.3 Å². The lowest BCUT2D eigenvalue weighted by Crippen LogP contribution is -1.97. The quantitative estimate of drug-likeness (QED) is 0.600. The van der Waals surface area contributed by atoms with Gasteiger partial charge in [-0.25, -0.2) is 9.37 Å². The number of aromatic nitrogens is 1. The van der Waals surface area contributed by atoms with Crippen molar-refractivity contribution in [2.24, 2.45) is 0 Å². The van der Waals surface area contributed by atoms with Crippen molar-refractivity contribution in [1.29, 1.82) is 0 Å². The zero-order valence-corrected chi connectivity index (χ0v) is 11.6. The summed E-state index contributed by atoms with van der Waals surface area (Å²) in [6.07, 6.45) is 0. The molecule has 2 aromatic rings. The van der Waals surface area contributed by atoms with E-state index < -0.39 is 5.82 Å². The zero-order chi connectivity index (χ0) is 11.5. The monoisotopic (exact) mass is 369 g/mol. The van der Waals surface area contributed by atoms with Gasteiger partial charge < -0.3 is 4.74 Å². The Bertz CT molecular complexity index is 492. The number of ether oxygens (including phenoxy) is 1. The minimum atomic E-state index is -0.438. The van der Waals surface area contributed by atoms with Gasteiger partial charge in [-0.05, 0) is 28.7 Å². The molecule has 2 nitrogen and oxygen atoms in total. The molecule has 16 heavy (non-hydrogen) atoms. The lowest BCUT2D eigenvalue weighted by molar-refractivity contribution is 0.299. The van der Waals surface area contributed by atoms with Crippen molar-refractivity contribution in [3.63, 3.8) is 0 Å². The topological polar surface area (TPSA) is 22.1 Å². The van der Waals surface area contributed by atoms with Crippen LogP contribution in [0.5, 0.6) is 5.75 Å². The first-order chi connectivity index (χ1) is 7.66. The van der Waals surface area contributed by atoms with Crippen LogP contribution < -0.4 is 4.74 Å². The van der Waals surface area contributed by atoms with Crippen LogP contribution >= 0.6 is 45.5 Å². The number of hydrogen-bond donors (Lipinski definition) is 0. The maximum atomic E-state index is 13.1. The average Bonchev–Trinajstić information content (AvgIpc) is 2.74. The van der Waals surface area contributed by atoms with E-state index in [0.29, 0.717) is 15.9 Å². The predicted molar refractivity (Wildman–Crippen MR) is 70.6 cm³/mol. The third-order valence-electron chi connectivity index (χ3n) is 1.83. The van der Waals surface area contributed by atoms with Crippen molar-refractivity contribution >= 4 is 45.5 Å². The molecular weight excluding hydrogens is 364 g/mol. The fourth-order valence-electron chi connectivity index (χ4n) is 1.08. The van der Waals surface area contributed by atoms with Gasteiger partial charge in [0.05, 0.1) is 19.8 Å². The van der Waals surface area contributed by atoms with E-state index in [1.54, 1.807) is 5.51 Å². The molecule has 0 radical (unpaired) electrons. The molecule has 0 saturated carbocycles. The summed E-state index contributed by atoms with van der Waals surface area (Å²) in [6, 6.07) is 2.82. The van der Waals surface area contributed by atoms with Gasteiger partial charge in [0.1, 0.15) is 18.2 Å². The van der Waals surface area contributed by atoms with E-state index in [1.807, 2.05) is 28.0 Å². The molecule has 1 heterocycles. The first-order valence-corrected chi connectivity index (χ1v) is 6.71. The van der Waals surface area contributed by atoms with E-state index in [1.165, 1.54) is 23.5 Å². The highest BCUT2D eigenvalue weighted by Gasteiger charge is 2.08. The normalized spacial score (nSPS) is 10.4. The highest BCUT2D eigenvalue weighted by molar-refractivity contribution is 14.1. The summed E-state index contributed by atoms with van der Waals surface area (Å²) >= 11 is 9.18. The molecule has 0 bridgehead atoms. The summed E-state index contributed by atoms with van der Waals surface area (Å²) < 4.78 is 19.3. The molecule has 0 N–H and O–H groups in total. The molecule has 0 saturated heterocycles. The first-order valence-electron chi connectivity index (χ1n) is 4.31. The molecule has 0 aliphatic rings. The number of nitrogens with zero attached hydrogens (tertiary/aromatic N) is 1. The second-order valence-electron chi connectivity index (χ2n) is 2.97. The lowest BCUT2D eigenvalue weighted by Gasteiger charge is -2.07. The van der Waals surface area contributed by atoms with Crippen LogP contribution in [-0.2, 0) is 6.61 Å². The Morgan fingerprint density at radius 1 is 1.50 bits per heavy atom. The van der Waals surface area contributed by atoms with Gasteiger partial charge in [0.15, 0.2) is 0 Å². The number of hydrogen-bond acceptors (Lipinski definition) is 3. The minimum absolute atomic E-state index is 0.0636. The maximum absolute atomic E-state index is 13.1. The van der Waals surface area contributed by atoms with Crippen LogP contribution in [0.25, 0.3) is 0 Å². The lowest BCUT2D eigenvalue weighted by atomic mass is 10.3. The maximum Gasteiger partial charge on any atom is 0.143 e. The Morgan fingerprint density at radius 3 is 3.00 bits per heavy atom. The van der Waals surface area contributed by atoms with Crippen molar-refractivity contribution in [2.75, 3.05) is 0 Å². The van der Waals surface area contributed by atoms with Crippen LogP contribution in [0.3, 0.4) is 0 Å². The molecule has 0 aliphatic heterocycles. The van der Waals surface area contributed by atoms with Gasteiger partial charge in [-0.3, -0.25) is 0 Å². The van der Waals surface area contributed by atoms with Crippen molar-refractivity contribution in [3.8, 4) is 5.75 Å². The van der Waals surface area contributed by atoms with E-state index in [0.717, 1.165) is 5.69 Å². The van der Waals surface area contributed by atoms with E-state index in [-0.39, 0.29) is 5.02 Å². The molecule has 0 amide bonds. The summed E-state index contributed by atoms with van der Waals surface area (Å²) in [5, 5.41) is 1.96. The van der Waals surface area contributed by atoms with Crippen molar-refractivity contribution in [3.05, 3.63) is 43.1 Å². The van der Waals surface area contributed by atoms with Crippen molar-refractivity contribution in [1.82, 2.24) is 4.98 Å². The second kappa shape index (κ2) is 5.29. The summed E-state index contributed by atoms with van der Waals surface area (Å²) in [7, 11) is 0. The van der Waals surface area contributed by atoms with Gasteiger partial charge in [0.2, 0.25) is 0 Å². The molecule has 6 heteroatoms.